The molecule has 4 rings (SSSR count). The van der Waals surface area contributed by atoms with Crippen molar-refractivity contribution in [1.29, 1.82) is 0 Å². The SMILES string of the molecule is [C-]#[N+]c1ccc(COc2ccc(-c3c[nH]c(-c4ccc(F)cc4)n3)c(OC)c2)cc1. The van der Waals surface area contributed by atoms with Crippen molar-refractivity contribution in [3.63, 3.8) is 0 Å². The molecule has 6 heteroatoms. The molecule has 0 radical (unpaired) electrons. The summed E-state index contributed by atoms with van der Waals surface area (Å²) >= 11 is 0. The van der Waals surface area contributed by atoms with Gasteiger partial charge in [0.15, 0.2) is 5.69 Å². The number of halogens is 1. The highest BCUT2D eigenvalue weighted by Gasteiger charge is 2.12. The molecule has 0 bridgehead atoms. The van der Waals surface area contributed by atoms with Crippen LogP contribution in [-0.2, 0) is 6.61 Å². The van der Waals surface area contributed by atoms with Crippen molar-refractivity contribution in [3.8, 4) is 34.1 Å². The van der Waals surface area contributed by atoms with E-state index in [1.54, 1.807) is 37.6 Å². The molecule has 0 saturated carbocycles. The lowest BCUT2D eigenvalue weighted by Crippen LogP contribution is -1.96. The summed E-state index contributed by atoms with van der Waals surface area (Å²) in [5, 5.41) is 0. The zero-order valence-electron chi connectivity index (χ0n) is 16.2. The smallest absolute Gasteiger partial charge is 0.187 e. The molecule has 30 heavy (non-hydrogen) atoms. The van der Waals surface area contributed by atoms with Crippen LogP contribution in [0.2, 0.25) is 0 Å². The molecule has 0 aliphatic rings. The minimum Gasteiger partial charge on any atom is -0.496 e. The Morgan fingerprint density at radius 3 is 2.50 bits per heavy atom. The molecular weight excluding hydrogens is 381 g/mol. The fourth-order valence-corrected chi connectivity index (χ4v) is 3.02. The van der Waals surface area contributed by atoms with Gasteiger partial charge in [-0.05, 0) is 42.0 Å². The van der Waals surface area contributed by atoms with Gasteiger partial charge in [-0.25, -0.2) is 14.2 Å². The Bertz CT molecular complexity index is 1190. The lowest BCUT2D eigenvalue weighted by atomic mass is 10.1. The zero-order chi connectivity index (χ0) is 20.9. The van der Waals surface area contributed by atoms with Gasteiger partial charge in [-0.1, -0.05) is 24.3 Å². The Labute approximate surface area is 173 Å². The zero-order valence-corrected chi connectivity index (χ0v) is 16.2. The first kappa shape index (κ1) is 19.2. The monoisotopic (exact) mass is 399 g/mol. The lowest BCUT2D eigenvalue weighted by molar-refractivity contribution is 0.304. The van der Waals surface area contributed by atoms with Crippen LogP contribution in [-0.4, -0.2) is 17.1 Å². The molecule has 0 unspecified atom stereocenters. The van der Waals surface area contributed by atoms with Crippen molar-refractivity contribution in [3.05, 3.63) is 95.7 Å². The van der Waals surface area contributed by atoms with Crippen molar-refractivity contribution >= 4 is 5.69 Å². The third-order valence-electron chi connectivity index (χ3n) is 4.62. The van der Waals surface area contributed by atoms with Crippen LogP contribution in [0.25, 0.3) is 27.5 Å². The quantitative estimate of drug-likeness (QED) is 0.403. The van der Waals surface area contributed by atoms with Crippen molar-refractivity contribution in [2.24, 2.45) is 0 Å². The molecule has 5 nitrogen and oxygen atoms in total. The number of ether oxygens (including phenoxy) is 2. The van der Waals surface area contributed by atoms with E-state index in [9.17, 15) is 4.39 Å². The number of nitrogens with zero attached hydrogens (tertiary/aromatic N) is 2. The van der Waals surface area contributed by atoms with Crippen LogP contribution in [0.1, 0.15) is 5.56 Å². The highest BCUT2D eigenvalue weighted by Crippen LogP contribution is 2.33. The molecule has 148 valence electrons. The van der Waals surface area contributed by atoms with Crippen LogP contribution < -0.4 is 9.47 Å². The summed E-state index contributed by atoms with van der Waals surface area (Å²) < 4.78 is 24.5. The van der Waals surface area contributed by atoms with E-state index in [2.05, 4.69) is 14.8 Å². The van der Waals surface area contributed by atoms with E-state index in [0.29, 0.717) is 35.3 Å². The van der Waals surface area contributed by atoms with Crippen LogP contribution in [0, 0.1) is 12.4 Å². The van der Waals surface area contributed by atoms with Gasteiger partial charge in [0.25, 0.3) is 0 Å². The molecule has 0 aliphatic heterocycles. The maximum absolute atomic E-state index is 13.1. The molecule has 4 aromatic rings. The van der Waals surface area contributed by atoms with Crippen molar-refractivity contribution < 1.29 is 13.9 Å². The number of rotatable bonds is 6. The maximum atomic E-state index is 13.1. The van der Waals surface area contributed by atoms with Crippen molar-refractivity contribution in [2.45, 2.75) is 6.61 Å². The molecule has 0 aliphatic carbocycles. The number of imidazole rings is 1. The van der Waals surface area contributed by atoms with E-state index in [0.717, 1.165) is 16.7 Å². The third-order valence-corrected chi connectivity index (χ3v) is 4.62. The van der Waals surface area contributed by atoms with Gasteiger partial charge in [0.1, 0.15) is 29.7 Å². The Hall–Kier alpha value is -4.11. The second-order valence-electron chi connectivity index (χ2n) is 6.57. The number of nitrogens with one attached hydrogen (secondary N) is 1. The van der Waals surface area contributed by atoms with E-state index in [1.165, 1.54) is 12.1 Å². The van der Waals surface area contributed by atoms with E-state index >= 15 is 0 Å². The summed E-state index contributed by atoms with van der Waals surface area (Å²) in [5.74, 6) is 1.66. The topological polar surface area (TPSA) is 51.5 Å². The normalized spacial score (nSPS) is 10.4. The van der Waals surface area contributed by atoms with Gasteiger partial charge in [-0.3, -0.25) is 0 Å². The van der Waals surface area contributed by atoms with Crippen LogP contribution >= 0.6 is 0 Å². The van der Waals surface area contributed by atoms with Crippen molar-refractivity contribution in [2.75, 3.05) is 7.11 Å². The van der Waals surface area contributed by atoms with Crippen LogP contribution in [0.4, 0.5) is 10.1 Å². The van der Waals surface area contributed by atoms with Gasteiger partial charge >= 0.3 is 0 Å². The minimum atomic E-state index is -0.287. The largest absolute Gasteiger partial charge is 0.496 e. The molecule has 0 spiro atoms. The van der Waals surface area contributed by atoms with Gasteiger partial charge in [-0.15, -0.1) is 0 Å². The molecule has 0 fully saturated rings. The summed E-state index contributed by atoms with van der Waals surface area (Å²) in [6, 6.07) is 19.0. The predicted octanol–water partition coefficient (Wildman–Crippen LogP) is 6.02. The molecule has 1 heterocycles. The average molecular weight is 399 g/mol. The van der Waals surface area contributed by atoms with Gasteiger partial charge in [0, 0.05) is 23.4 Å². The lowest BCUT2D eigenvalue weighted by Gasteiger charge is -2.11. The number of H-pyrrole nitrogens is 1. The molecule has 0 saturated heterocycles. The maximum Gasteiger partial charge on any atom is 0.187 e. The Morgan fingerprint density at radius 2 is 1.80 bits per heavy atom. The first-order valence-corrected chi connectivity index (χ1v) is 9.25. The fraction of sp³-hybridized carbons (Fsp3) is 0.0833. The summed E-state index contributed by atoms with van der Waals surface area (Å²) in [6.45, 7) is 7.39. The molecular formula is C24H18FN3O2. The van der Waals surface area contributed by atoms with Crippen LogP contribution in [0.5, 0.6) is 11.5 Å². The molecule has 1 aromatic heterocycles. The number of hydrogen-bond donors (Lipinski definition) is 1. The number of benzene rings is 3. The number of aromatic nitrogens is 2. The summed E-state index contributed by atoms with van der Waals surface area (Å²) in [4.78, 5) is 11.1. The molecule has 3 aromatic carbocycles. The fourth-order valence-electron chi connectivity index (χ4n) is 3.02. The average Bonchev–Trinajstić information content (AvgIpc) is 3.28. The van der Waals surface area contributed by atoms with E-state index in [4.69, 9.17) is 16.0 Å². The molecule has 0 amide bonds. The van der Waals surface area contributed by atoms with Crippen LogP contribution in [0.3, 0.4) is 0 Å². The van der Waals surface area contributed by atoms with E-state index in [-0.39, 0.29) is 5.82 Å². The van der Waals surface area contributed by atoms with E-state index in [1.807, 2.05) is 30.3 Å². The molecule has 1 N–H and O–H groups in total. The van der Waals surface area contributed by atoms with Gasteiger partial charge < -0.3 is 14.5 Å². The van der Waals surface area contributed by atoms with Gasteiger partial charge in [-0.2, -0.15) is 0 Å². The Kier molecular flexibility index (Phi) is 5.44. The highest BCUT2D eigenvalue weighted by atomic mass is 19.1. The highest BCUT2D eigenvalue weighted by molar-refractivity contribution is 5.70. The number of aromatic amines is 1. The standard InChI is InChI=1S/C24H18FN3O2/c1-26-19-9-3-16(4-10-19)15-30-20-11-12-21(23(13-20)29-2)22-14-27-24(28-22)17-5-7-18(25)8-6-17/h3-14H,15H2,2H3,(H,27,28). The number of hydrogen-bond acceptors (Lipinski definition) is 3. The van der Waals surface area contributed by atoms with Gasteiger partial charge in [0.2, 0.25) is 0 Å². The number of methoxy groups -OCH3 is 1. The Balaban J connectivity index is 1.52. The summed E-state index contributed by atoms with van der Waals surface area (Å²) in [5.41, 5.74) is 3.90. The van der Waals surface area contributed by atoms with Gasteiger partial charge in [0.05, 0.1) is 19.4 Å². The summed E-state index contributed by atoms with van der Waals surface area (Å²) in [6.07, 6.45) is 1.79. The van der Waals surface area contributed by atoms with Crippen LogP contribution in [0.15, 0.2) is 72.9 Å². The molecule has 0 atom stereocenters. The summed E-state index contributed by atoms with van der Waals surface area (Å²) in [7, 11) is 1.60. The first-order valence-electron chi connectivity index (χ1n) is 9.25. The second kappa shape index (κ2) is 8.50. The van der Waals surface area contributed by atoms with E-state index < -0.39 is 0 Å². The second-order valence-corrected chi connectivity index (χ2v) is 6.57. The predicted molar refractivity (Wildman–Crippen MR) is 113 cm³/mol. The third kappa shape index (κ3) is 4.15. The minimum absolute atomic E-state index is 0.287. The van der Waals surface area contributed by atoms with Crippen molar-refractivity contribution in [1.82, 2.24) is 9.97 Å². The first-order chi connectivity index (χ1) is 14.7. The Morgan fingerprint density at radius 1 is 1.03 bits per heavy atom.